The summed E-state index contributed by atoms with van der Waals surface area (Å²) in [7, 11) is 0. The fourth-order valence-corrected chi connectivity index (χ4v) is 2.51. The summed E-state index contributed by atoms with van der Waals surface area (Å²) >= 11 is 0. The molecule has 24 heavy (non-hydrogen) atoms. The number of hydrogen-bond acceptors (Lipinski definition) is 1. The molecule has 122 valence electrons. The number of nitriles is 1. The van der Waals surface area contributed by atoms with Crippen molar-refractivity contribution in [3.63, 3.8) is 0 Å². The van der Waals surface area contributed by atoms with Crippen LogP contribution in [-0.2, 0) is 6.42 Å². The maximum atomic E-state index is 13.8. The van der Waals surface area contributed by atoms with Crippen LogP contribution in [-0.4, -0.2) is 0 Å². The van der Waals surface area contributed by atoms with E-state index in [9.17, 15) is 4.39 Å². The Morgan fingerprint density at radius 2 is 1.58 bits per heavy atom. The Balaban J connectivity index is 1.94. The predicted octanol–water partition coefficient (Wildman–Crippen LogP) is 5.61. The standard InChI is InChI=1S/C22H22FN/c1-2-3-4-5-6-7-18-8-10-19(11-9-18)12-14-21-15-13-20(17-24)16-22(21)23/h8-11,13,15-16H,2-7H2,1H3. The fraction of sp³-hybridized carbons (Fsp3) is 0.318. The van der Waals surface area contributed by atoms with Gasteiger partial charge in [0.1, 0.15) is 5.82 Å². The van der Waals surface area contributed by atoms with Crippen molar-refractivity contribution >= 4 is 0 Å². The molecular weight excluding hydrogens is 297 g/mol. The van der Waals surface area contributed by atoms with Gasteiger partial charge in [0.05, 0.1) is 17.2 Å². The first-order chi connectivity index (χ1) is 11.7. The van der Waals surface area contributed by atoms with Crippen LogP contribution in [0.25, 0.3) is 0 Å². The van der Waals surface area contributed by atoms with Crippen LogP contribution in [0.1, 0.15) is 61.3 Å². The first-order valence-electron chi connectivity index (χ1n) is 8.53. The van der Waals surface area contributed by atoms with Gasteiger partial charge in [0.15, 0.2) is 0 Å². The van der Waals surface area contributed by atoms with Crippen LogP contribution < -0.4 is 0 Å². The second kappa shape index (κ2) is 9.53. The van der Waals surface area contributed by atoms with E-state index in [0.717, 1.165) is 12.0 Å². The molecule has 0 saturated heterocycles. The number of benzene rings is 2. The second-order valence-electron chi connectivity index (χ2n) is 5.92. The fourth-order valence-electron chi connectivity index (χ4n) is 2.51. The lowest BCUT2D eigenvalue weighted by atomic mass is 10.0. The van der Waals surface area contributed by atoms with Crippen molar-refractivity contribution in [2.45, 2.75) is 45.4 Å². The highest BCUT2D eigenvalue weighted by Gasteiger charge is 2.00. The van der Waals surface area contributed by atoms with Crippen LogP contribution >= 0.6 is 0 Å². The number of nitrogens with zero attached hydrogens (tertiary/aromatic N) is 1. The van der Waals surface area contributed by atoms with Gasteiger partial charge in [-0.2, -0.15) is 5.26 Å². The molecule has 0 saturated carbocycles. The Morgan fingerprint density at radius 3 is 2.25 bits per heavy atom. The van der Waals surface area contributed by atoms with E-state index in [-0.39, 0.29) is 0 Å². The number of hydrogen-bond donors (Lipinski definition) is 0. The molecular formula is C22H22FN. The monoisotopic (exact) mass is 319 g/mol. The summed E-state index contributed by atoms with van der Waals surface area (Å²) in [6.45, 7) is 2.23. The van der Waals surface area contributed by atoms with E-state index in [1.54, 1.807) is 12.1 Å². The molecule has 0 aliphatic rings. The van der Waals surface area contributed by atoms with Crippen molar-refractivity contribution in [2.24, 2.45) is 0 Å². The maximum absolute atomic E-state index is 13.8. The Bertz CT molecular complexity index is 757. The first kappa shape index (κ1) is 17.8. The maximum Gasteiger partial charge on any atom is 0.140 e. The molecule has 1 nitrogen and oxygen atoms in total. The highest BCUT2D eigenvalue weighted by Crippen LogP contribution is 2.11. The van der Waals surface area contributed by atoms with Crippen molar-refractivity contribution < 1.29 is 4.39 Å². The quantitative estimate of drug-likeness (QED) is 0.501. The van der Waals surface area contributed by atoms with Crippen LogP contribution in [0, 0.1) is 29.0 Å². The molecule has 0 N–H and O–H groups in total. The van der Waals surface area contributed by atoms with E-state index < -0.39 is 5.82 Å². The minimum absolute atomic E-state index is 0.307. The van der Waals surface area contributed by atoms with Crippen molar-refractivity contribution in [3.05, 3.63) is 70.5 Å². The van der Waals surface area contributed by atoms with Gasteiger partial charge in [-0.05, 0) is 48.7 Å². The van der Waals surface area contributed by atoms with Crippen LogP contribution in [0.4, 0.5) is 4.39 Å². The summed E-state index contributed by atoms with van der Waals surface area (Å²) in [4.78, 5) is 0. The number of unbranched alkanes of at least 4 members (excludes halogenated alkanes) is 4. The molecule has 2 aromatic rings. The zero-order valence-electron chi connectivity index (χ0n) is 14.1. The molecule has 0 bridgehead atoms. The smallest absolute Gasteiger partial charge is 0.140 e. The Hall–Kier alpha value is -2.58. The Labute approximate surface area is 144 Å². The van der Waals surface area contributed by atoms with Gasteiger partial charge in [-0.15, -0.1) is 0 Å². The average Bonchev–Trinajstić information content (AvgIpc) is 2.61. The van der Waals surface area contributed by atoms with Crippen molar-refractivity contribution in [2.75, 3.05) is 0 Å². The van der Waals surface area contributed by atoms with E-state index in [2.05, 4.69) is 30.9 Å². The molecule has 0 unspecified atom stereocenters. The Morgan fingerprint density at radius 1 is 0.875 bits per heavy atom. The van der Waals surface area contributed by atoms with E-state index in [1.165, 1.54) is 43.7 Å². The largest absolute Gasteiger partial charge is 0.206 e. The number of halogens is 1. The van der Waals surface area contributed by atoms with Crippen molar-refractivity contribution in [3.8, 4) is 17.9 Å². The molecule has 0 aliphatic heterocycles. The minimum atomic E-state index is -0.453. The second-order valence-corrected chi connectivity index (χ2v) is 5.92. The Kier molecular flexibility index (Phi) is 7.06. The van der Waals surface area contributed by atoms with Gasteiger partial charge < -0.3 is 0 Å². The zero-order valence-corrected chi connectivity index (χ0v) is 14.1. The molecule has 0 aliphatic carbocycles. The third-order valence-electron chi connectivity index (χ3n) is 3.96. The summed E-state index contributed by atoms with van der Waals surface area (Å²) in [5.41, 5.74) is 2.81. The van der Waals surface area contributed by atoms with Gasteiger partial charge in [-0.3, -0.25) is 0 Å². The molecule has 0 spiro atoms. The van der Waals surface area contributed by atoms with Gasteiger partial charge >= 0.3 is 0 Å². The van der Waals surface area contributed by atoms with Crippen LogP contribution in [0.5, 0.6) is 0 Å². The summed E-state index contributed by atoms with van der Waals surface area (Å²) in [6.07, 6.45) is 7.51. The summed E-state index contributed by atoms with van der Waals surface area (Å²) < 4.78 is 13.8. The van der Waals surface area contributed by atoms with E-state index in [1.807, 2.05) is 18.2 Å². The van der Waals surface area contributed by atoms with Crippen LogP contribution in [0.2, 0.25) is 0 Å². The molecule has 2 aromatic carbocycles. The third kappa shape index (κ3) is 5.56. The molecule has 0 atom stereocenters. The SMILES string of the molecule is CCCCCCCc1ccc(C#Cc2ccc(C#N)cc2F)cc1. The molecule has 0 amide bonds. The van der Waals surface area contributed by atoms with E-state index in [0.29, 0.717) is 11.1 Å². The van der Waals surface area contributed by atoms with Crippen molar-refractivity contribution in [1.29, 1.82) is 5.26 Å². The molecule has 0 radical (unpaired) electrons. The lowest BCUT2D eigenvalue weighted by molar-refractivity contribution is 0.624. The minimum Gasteiger partial charge on any atom is -0.206 e. The summed E-state index contributed by atoms with van der Waals surface area (Å²) in [5.74, 6) is 5.36. The van der Waals surface area contributed by atoms with Crippen LogP contribution in [0.3, 0.4) is 0 Å². The average molecular weight is 319 g/mol. The summed E-state index contributed by atoms with van der Waals surface area (Å²) in [5, 5.41) is 8.74. The van der Waals surface area contributed by atoms with E-state index in [4.69, 9.17) is 5.26 Å². The highest BCUT2D eigenvalue weighted by molar-refractivity contribution is 5.46. The summed E-state index contributed by atoms with van der Waals surface area (Å²) in [6, 6.07) is 14.4. The number of aryl methyl sites for hydroxylation is 1. The third-order valence-corrected chi connectivity index (χ3v) is 3.96. The number of rotatable bonds is 6. The highest BCUT2D eigenvalue weighted by atomic mass is 19.1. The van der Waals surface area contributed by atoms with Gasteiger partial charge in [0.2, 0.25) is 0 Å². The molecule has 0 aromatic heterocycles. The normalized spacial score (nSPS) is 9.88. The first-order valence-corrected chi connectivity index (χ1v) is 8.53. The molecule has 2 heteroatoms. The predicted molar refractivity (Wildman–Crippen MR) is 96.0 cm³/mol. The van der Waals surface area contributed by atoms with Crippen LogP contribution in [0.15, 0.2) is 42.5 Å². The molecule has 0 fully saturated rings. The van der Waals surface area contributed by atoms with Gasteiger partial charge in [0.25, 0.3) is 0 Å². The zero-order chi connectivity index (χ0) is 17.2. The van der Waals surface area contributed by atoms with E-state index >= 15 is 0 Å². The van der Waals surface area contributed by atoms with Gasteiger partial charge in [-0.1, -0.05) is 56.6 Å². The molecule has 2 rings (SSSR count). The lowest BCUT2D eigenvalue weighted by Crippen LogP contribution is -1.87. The van der Waals surface area contributed by atoms with Gasteiger partial charge in [-0.25, -0.2) is 4.39 Å². The molecule has 0 heterocycles. The van der Waals surface area contributed by atoms with Crippen molar-refractivity contribution in [1.82, 2.24) is 0 Å². The topological polar surface area (TPSA) is 23.8 Å². The lowest BCUT2D eigenvalue weighted by Gasteiger charge is -2.02. The van der Waals surface area contributed by atoms with Gasteiger partial charge in [0, 0.05) is 5.56 Å².